The first-order valence-corrected chi connectivity index (χ1v) is 16.3. The average Bonchev–Trinajstić information content (AvgIpc) is 3.82. The summed E-state index contributed by atoms with van der Waals surface area (Å²) in [6, 6.07) is 15.5. The molecule has 0 saturated heterocycles. The number of carbonyl (C=O) groups excluding carboxylic acids is 2. The van der Waals surface area contributed by atoms with Crippen molar-refractivity contribution in [2.45, 2.75) is 75.0 Å². The van der Waals surface area contributed by atoms with Crippen LogP contribution in [0.5, 0.6) is 0 Å². The molecule has 2 aliphatic heterocycles. The van der Waals surface area contributed by atoms with Gasteiger partial charge in [0.15, 0.2) is 15.6 Å². The number of Topliss-reactive ketones (excluding diaryl/α,β-unsaturated/α-hetero) is 1. The number of aromatic nitrogens is 1. The largest absolute Gasteiger partial charge is 0.372 e. The van der Waals surface area contributed by atoms with E-state index in [0.717, 1.165) is 27.6 Å². The molecule has 3 heterocycles. The van der Waals surface area contributed by atoms with Gasteiger partial charge in [0.25, 0.3) is 5.56 Å². The van der Waals surface area contributed by atoms with Gasteiger partial charge in [-0.1, -0.05) is 18.2 Å². The van der Waals surface area contributed by atoms with Gasteiger partial charge in [0, 0.05) is 35.8 Å². The number of aromatic amines is 1. The minimum absolute atomic E-state index is 0.0796. The number of ketones is 1. The Kier molecular flexibility index (Phi) is 7.68. The van der Waals surface area contributed by atoms with Crippen LogP contribution in [0.3, 0.4) is 0 Å². The summed E-state index contributed by atoms with van der Waals surface area (Å²) in [7, 11) is -3.52. The molecule has 1 unspecified atom stereocenters. The van der Waals surface area contributed by atoms with Crippen molar-refractivity contribution in [3.8, 4) is 0 Å². The fraction of sp³-hybridized carbons (Fsp3) is 0.324. The molecule has 8 nitrogen and oxygen atoms in total. The maximum absolute atomic E-state index is 14.1. The number of benzene rings is 3. The number of aryl methyl sites for hydroxylation is 3. The molecule has 0 spiro atoms. The van der Waals surface area contributed by atoms with Gasteiger partial charge in [0.1, 0.15) is 6.04 Å². The van der Waals surface area contributed by atoms with E-state index in [0.29, 0.717) is 54.4 Å². The molecule has 4 aromatic rings. The highest BCUT2D eigenvalue weighted by molar-refractivity contribution is 7.92. The van der Waals surface area contributed by atoms with Crippen LogP contribution >= 0.6 is 0 Å². The van der Waals surface area contributed by atoms with Crippen molar-refractivity contribution in [2.24, 2.45) is 0 Å². The lowest BCUT2D eigenvalue weighted by atomic mass is 9.90. The van der Waals surface area contributed by atoms with Crippen molar-refractivity contribution in [1.82, 2.24) is 4.98 Å². The van der Waals surface area contributed by atoms with Gasteiger partial charge in [-0.25, -0.2) is 8.42 Å². The van der Waals surface area contributed by atoms with Crippen molar-refractivity contribution in [3.05, 3.63) is 99.0 Å². The van der Waals surface area contributed by atoms with Crippen LogP contribution in [0.15, 0.2) is 70.5 Å². The molecular weight excluding hydrogens is 562 g/mol. The van der Waals surface area contributed by atoms with Crippen LogP contribution in [0.4, 0.5) is 11.4 Å². The highest BCUT2D eigenvalue weighted by Gasteiger charge is 2.38. The fourth-order valence-corrected chi connectivity index (χ4v) is 8.02. The zero-order valence-electron chi connectivity index (χ0n) is 24.3. The molecule has 1 fully saturated rings. The van der Waals surface area contributed by atoms with Crippen LogP contribution in [-0.4, -0.2) is 30.3 Å². The Bertz CT molecular complexity index is 1900. The van der Waals surface area contributed by atoms with E-state index in [1.54, 1.807) is 30.5 Å². The van der Waals surface area contributed by atoms with Gasteiger partial charge in [0.05, 0.1) is 10.1 Å². The first-order chi connectivity index (χ1) is 20.6. The highest BCUT2D eigenvalue weighted by atomic mass is 32.2. The second-order valence-electron chi connectivity index (χ2n) is 11.8. The topological polar surface area (TPSA) is 125 Å². The molecule has 3 N–H and O–H groups in total. The number of H-pyrrole nitrogens is 1. The van der Waals surface area contributed by atoms with E-state index in [1.165, 1.54) is 0 Å². The van der Waals surface area contributed by atoms with E-state index >= 15 is 0 Å². The zero-order valence-corrected chi connectivity index (χ0v) is 25.1. The fourth-order valence-electron chi connectivity index (χ4n) is 6.12. The van der Waals surface area contributed by atoms with Crippen molar-refractivity contribution in [2.75, 3.05) is 10.6 Å². The third-order valence-corrected chi connectivity index (χ3v) is 10.9. The molecule has 3 aliphatic rings. The normalized spacial score (nSPS) is 18.0. The van der Waals surface area contributed by atoms with Crippen LogP contribution < -0.4 is 16.2 Å². The molecule has 1 aromatic heterocycles. The smallest absolute Gasteiger partial charge is 0.255 e. The van der Waals surface area contributed by atoms with Crippen LogP contribution in [0, 0.1) is 13.8 Å². The minimum Gasteiger partial charge on any atom is -0.372 e. The summed E-state index contributed by atoms with van der Waals surface area (Å²) < 4.78 is 26.6. The van der Waals surface area contributed by atoms with Crippen molar-refractivity contribution in [1.29, 1.82) is 0 Å². The highest BCUT2D eigenvalue weighted by Crippen LogP contribution is 2.37. The lowest BCUT2D eigenvalue weighted by molar-refractivity contribution is -0.120. The molecule has 1 aliphatic carbocycles. The number of fused-ring (bicyclic) bond motifs is 10. The lowest BCUT2D eigenvalue weighted by Crippen LogP contribution is -2.23. The van der Waals surface area contributed by atoms with E-state index < -0.39 is 21.1 Å². The van der Waals surface area contributed by atoms with Gasteiger partial charge in [-0.15, -0.1) is 0 Å². The number of pyridine rings is 1. The molecule has 1 atom stereocenters. The Balaban J connectivity index is 1.41. The molecule has 3 aromatic carbocycles. The summed E-state index contributed by atoms with van der Waals surface area (Å²) in [6.07, 6.45) is 4.86. The number of hydrogen-bond donors (Lipinski definition) is 3. The van der Waals surface area contributed by atoms with Crippen LogP contribution in [0.2, 0.25) is 0 Å². The molecule has 9 heteroatoms. The molecule has 7 rings (SSSR count). The monoisotopic (exact) mass is 597 g/mol. The second kappa shape index (κ2) is 11.4. The number of nitrogens with one attached hydrogen (secondary N) is 3. The van der Waals surface area contributed by atoms with Crippen molar-refractivity contribution < 1.29 is 18.0 Å². The second-order valence-corrected chi connectivity index (χ2v) is 14.0. The first-order valence-electron chi connectivity index (χ1n) is 14.8. The maximum atomic E-state index is 14.1. The van der Waals surface area contributed by atoms with Gasteiger partial charge < -0.3 is 15.6 Å². The molecule has 1 amide bonds. The number of sulfone groups is 1. The number of anilines is 2. The summed E-state index contributed by atoms with van der Waals surface area (Å²) in [4.78, 5) is 42.2. The Morgan fingerprint density at radius 3 is 2.35 bits per heavy atom. The third-order valence-electron chi connectivity index (χ3n) is 8.55. The molecule has 0 radical (unpaired) electrons. The standard InChI is InChI=1S/C34H35N3O5S/c1-20-16-24-17-21(2)28(20)4-3-5-32(39)36-25-9-13-31(43(41,42)27-10-11-27)23(18-25)7-12-30(38)33(24)37-26-8-6-22-14-15-35-34(40)29(22)19-26/h6,8-9,13-19,27,33,37H,3-5,7,10-12H2,1-2H3,(H,35,40)(H,36,39). The van der Waals surface area contributed by atoms with E-state index in [-0.39, 0.29) is 35.0 Å². The Morgan fingerprint density at radius 2 is 1.60 bits per heavy atom. The van der Waals surface area contributed by atoms with Gasteiger partial charge in [-0.05, 0) is 116 Å². The van der Waals surface area contributed by atoms with E-state index in [4.69, 9.17) is 0 Å². The summed E-state index contributed by atoms with van der Waals surface area (Å²) in [5, 5.41) is 7.24. The number of amides is 1. The van der Waals surface area contributed by atoms with Crippen LogP contribution in [-0.2, 0) is 32.3 Å². The summed E-state index contributed by atoms with van der Waals surface area (Å²) in [5.41, 5.74) is 5.53. The van der Waals surface area contributed by atoms with Crippen molar-refractivity contribution in [3.63, 3.8) is 0 Å². The maximum Gasteiger partial charge on any atom is 0.255 e. The first kappa shape index (κ1) is 28.9. The Hall–Kier alpha value is -4.24. The predicted molar refractivity (Wildman–Crippen MR) is 168 cm³/mol. The summed E-state index contributed by atoms with van der Waals surface area (Å²) in [5.74, 6) is -0.234. The predicted octanol–water partition coefficient (Wildman–Crippen LogP) is 5.71. The van der Waals surface area contributed by atoms with Gasteiger partial charge in [-0.3, -0.25) is 14.4 Å². The van der Waals surface area contributed by atoms with E-state index in [2.05, 4.69) is 15.6 Å². The van der Waals surface area contributed by atoms with E-state index in [9.17, 15) is 22.8 Å². The molecule has 1 saturated carbocycles. The van der Waals surface area contributed by atoms with Crippen LogP contribution in [0.25, 0.3) is 10.8 Å². The molecular formula is C34H35N3O5S. The Morgan fingerprint density at radius 1 is 0.837 bits per heavy atom. The molecule has 222 valence electrons. The van der Waals surface area contributed by atoms with Gasteiger partial charge >= 0.3 is 0 Å². The number of rotatable bonds is 4. The zero-order chi connectivity index (χ0) is 30.3. The average molecular weight is 598 g/mol. The van der Waals surface area contributed by atoms with Gasteiger partial charge in [-0.2, -0.15) is 0 Å². The molecule has 43 heavy (non-hydrogen) atoms. The number of carbonyl (C=O) groups is 2. The Labute approximate surface area is 250 Å². The minimum atomic E-state index is -3.52. The quantitative estimate of drug-likeness (QED) is 0.277. The van der Waals surface area contributed by atoms with Crippen LogP contribution in [0.1, 0.15) is 66.0 Å². The third kappa shape index (κ3) is 5.99. The SMILES string of the molecule is Cc1cc2cc(C)c1CCCC(=O)Nc1ccc(S(=O)(=O)C3CC3)c(c1)CCC(=O)C2Nc1ccc2cc[nH]c(=O)c2c1. The molecule has 4 bridgehead atoms. The number of hydrogen-bond acceptors (Lipinski definition) is 6. The van der Waals surface area contributed by atoms with Gasteiger partial charge in [0.2, 0.25) is 5.91 Å². The summed E-state index contributed by atoms with van der Waals surface area (Å²) >= 11 is 0. The van der Waals surface area contributed by atoms with Crippen molar-refractivity contribution >= 4 is 43.7 Å². The van der Waals surface area contributed by atoms with E-state index in [1.807, 2.05) is 44.2 Å². The summed E-state index contributed by atoms with van der Waals surface area (Å²) in [6.45, 7) is 4.04. The lowest BCUT2D eigenvalue weighted by Gasteiger charge is -2.23.